The van der Waals surface area contributed by atoms with E-state index in [0.717, 1.165) is 35.2 Å². The number of nitrogens with one attached hydrogen (secondary N) is 1. The monoisotopic (exact) mass is 379 g/mol. The number of anilines is 1. The van der Waals surface area contributed by atoms with Crippen molar-refractivity contribution in [3.8, 4) is 0 Å². The van der Waals surface area contributed by atoms with E-state index in [0.29, 0.717) is 5.92 Å². The number of hydrogen-bond acceptors (Lipinski definition) is 3. The van der Waals surface area contributed by atoms with Crippen LogP contribution in [0.25, 0.3) is 6.08 Å². The highest BCUT2D eigenvalue weighted by atomic mass is 16.5. The number of ether oxygens (including phenoxy) is 1. The third-order valence-electron chi connectivity index (χ3n) is 4.62. The second-order valence-electron chi connectivity index (χ2n) is 6.97. The van der Waals surface area contributed by atoms with Gasteiger partial charge in [-0.25, -0.2) is 4.79 Å². The van der Waals surface area contributed by atoms with Crippen LogP contribution < -0.4 is 5.32 Å². The van der Waals surface area contributed by atoms with Gasteiger partial charge in [-0.3, -0.25) is 4.79 Å². The Balaban J connectivity index is 1.90. The maximum atomic E-state index is 12.2. The molecule has 1 N–H and O–H groups in total. The second-order valence-corrected chi connectivity index (χ2v) is 6.97. The lowest BCUT2D eigenvalue weighted by Gasteiger charge is -2.14. The summed E-state index contributed by atoms with van der Waals surface area (Å²) in [5.41, 5.74) is 5.13. The molecule has 4 heteroatoms. The first-order valence-electron chi connectivity index (χ1n) is 9.80. The molecule has 0 atom stereocenters. The number of para-hydroxylation sites is 1. The van der Waals surface area contributed by atoms with Crippen LogP contribution in [0.3, 0.4) is 0 Å². The molecule has 4 nitrogen and oxygen atoms in total. The minimum absolute atomic E-state index is 0.309. The highest BCUT2D eigenvalue weighted by molar-refractivity contribution is 5.95. The van der Waals surface area contributed by atoms with Crippen molar-refractivity contribution in [2.45, 2.75) is 46.5 Å². The van der Waals surface area contributed by atoms with Gasteiger partial charge in [0, 0.05) is 11.8 Å². The largest absolute Gasteiger partial charge is 0.452 e. The molecule has 0 aliphatic carbocycles. The molecule has 2 aromatic rings. The van der Waals surface area contributed by atoms with Crippen LogP contribution in [0, 0.1) is 0 Å². The number of carbonyl (C=O) groups is 2. The van der Waals surface area contributed by atoms with Gasteiger partial charge in [-0.15, -0.1) is 0 Å². The molecule has 0 fully saturated rings. The molecule has 0 saturated carbocycles. The van der Waals surface area contributed by atoms with E-state index in [1.54, 1.807) is 6.08 Å². The van der Waals surface area contributed by atoms with Crippen LogP contribution >= 0.6 is 0 Å². The predicted octanol–water partition coefficient (Wildman–Crippen LogP) is 5.13. The van der Waals surface area contributed by atoms with Gasteiger partial charge in [0.05, 0.1) is 0 Å². The molecule has 1 amide bonds. The Labute approximate surface area is 167 Å². The van der Waals surface area contributed by atoms with Crippen molar-refractivity contribution in [3.63, 3.8) is 0 Å². The van der Waals surface area contributed by atoms with E-state index in [-0.39, 0.29) is 12.5 Å². The number of rotatable bonds is 8. The minimum atomic E-state index is -0.539. The van der Waals surface area contributed by atoms with Crippen LogP contribution in [0.15, 0.2) is 48.5 Å². The number of amides is 1. The van der Waals surface area contributed by atoms with E-state index in [2.05, 4.69) is 19.2 Å². The Kier molecular flexibility index (Phi) is 8.00. The fraction of sp³-hybridized carbons (Fsp3) is 0.333. The molecule has 0 aliphatic heterocycles. The SMILES string of the molecule is CCc1cccc(CC)c1NC(=O)COC(=O)C=Cc1ccc(C(C)C)cc1. The van der Waals surface area contributed by atoms with Crippen molar-refractivity contribution in [1.29, 1.82) is 0 Å². The van der Waals surface area contributed by atoms with Crippen molar-refractivity contribution < 1.29 is 14.3 Å². The van der Waals surface area contributed by atoms with E-state index >= 15 is 0 Å². The van der Waals surface area contributed by atoms with Crippen molar-refractivity contribution in [1.82, 2.24) is 0 Å². The second kappa shape index (κ2) is 10.5. The lowest BCUT2D eigenvalue weighted by Crippen LogP contribution is -2.21. The van der Waals surface area contributed by atoms with Gasteiger partial charge in [-0.2, -0.15) is 0 Å². The highest BCUT2D eigenvalue weighted by Gasteiger charge is 2.11. The maximum absolute atomic E-state index is 12.2. The first-order valence-corrected chi connectivity index (χ1v) is 9.80. The number of aryl methyl sites for hydroxylation is 2. The molecule has 0 radical (unpaired) electrons. The summed E-state index contributed by atoms with van der Waals surface area (Å²) in [6.07, 6.45) is 4.67. The van der Waals surface area contributed by atoms with Gasteiger partial charge in [0.2, 0.25) is 0 Å². The number of carbonyl (C=O) groups excluding carboxylic acids is 2. The summed E-state index contributed by atoms with van der Waals surface area (Å²) in [5, 5.41) is 2.89. The van der Waals surface area contributed by atoms with Crippen LogP contribution in [0.5, 0.6) is 0 Å². The molecule has 2 aromatic carbocycles. The molecule has 0 aromatic heterocycles. The zero-order valence-corrected chi connectivity index (χ0v) is 17.1. The Morgan fingerprint density at radius 1 is 1.00 bits per heavy atom. The molecule has 0 aliphatic rings. The molecule has 0 saturated heterocycles. The van der Waals surface area contributed by atoms with E-state index in [1.807, 2.05) is 56.3 Å². The zero-order valence-electron chi connectivity index (χ0n) is 17.1. The molecule has 0 spiro atoms. The number of esters is 1. The van der Waals surface area contributed by atoms with Crippen LogP contribution in [0.4, 0.5) is 5.69 Å². The van der Waals surface area contributed by atoms with Crippen LogP contribution in [-0.2, 0) is 27.2 Å². The summed E-state index contributed by atoms with van der Waals surface area (Å²) in [4.78, 5) is 24.1. The standard InChI is InChI=1S/C24H29NO3/c1-5-19-8-7-9-20(6-2)24(19)25-22(26)16-28-23(27)15-12-18-10-13-21(14-11-18)17(3)4/h7-15,17H,5-6,16H2,1-4H3,(H,25,26). The number of hydrogen-bond donors (Lipinski definition) is 1. The predicted molar refractivity (Wildman–Crippen MR) is 114 cm³/mol. The molecule has 2 rings (SSSR count). The van der Waals surface area contributed by atoms with E-state index in [4.69, 9.17) is 4.74 Å². The summed E-state index contributed by atoms with van der Waals surface area (Å²) < 4.78 is 5.07. The van der Waals surface area contributed by atoms with Crippen LogP contribution in [-0.4, -0.2) is 18.5 Å². The third-order valence-corrected chi connectivity index (χ3v) is 4.62. The smallest absolute Gasteiger partial charge is 0.331 e. The fourth-order valence-electron chi connectivity index (χ4n) is 2.92. The molecular weight excluding hydrogens is 350 g/mol. The van der Waals surface area contributed by atoms with Gasteiger partial charge in [0.25, 0.3) is 5.91 Å². The van der Waals surface area contributed by atoms with Crippen molar-refractivity contribution in [3.05, 3.63) is 70.8 Å². The summed E-state index contributed by atoms with van der Waals surface area (Å²) in [6, 6.07) is 14.0. The molecule has 0 bridgehead atoms. The van der Waals surface area contributed by atoms with E-state index < -0.39 is 5.97 Å². The molecule has 0 heterocycles. The quantitative estimate of drug-likeness (QED) is 0.511. The van der Waals surface area contributed by atoms with Gasteiger partial charge in [-0.05, 0) is 47.1 Å². The van der Waals surface area contributed by atoms with Gasteiger partial charge < -0.3 is 10.1 Å². The average Bonchev–Trinajstić information content (AvgIpc) is 2.71. The number of benzene rings is 2. The first kappa shape index (κ1) is 21.4. The normalized spacial score (nSPS) is 11.0. The van der Waals surface area contributed by atoms with E-state index in [9.17, 15) is 9.59 Å². The summed E-state index contributed by atoms with van der Waals surface area (Å²) >= 11 is 0. The Morgan fingerprint density at radius 3 is 2.14 bits per heavy atom. The van der Waals surface area contributed by atoms with Crippen molar-refractivity contribution in [2.75, 3.05) is 11.9 Å². The van der Waals surface area contributed by atoms with E-state index in [1.165, 1.54) is 11.6 Å². The van der Waals surface area contributed by atoms with Crippen LogP contribution in [0.2, 0.25) is 0 Å². The Bertz CT molecular complexity index is 813. The molecular formula is C24H29NO3. The summed E-state index contributed by atoms with van der Waals surface area (Å²) in [6.45, 7) is 8.05. The summed E-state index contributed by atoms with van der Waals surface area (Å²) in [5.74, 6) is -0.409. The first-order chi connectivity index (χ1) is 13.4. The molecule has 0 unspecified atom stereocenters. The van der Waals surface area contributed by atoms with Gasteiger partial charge in [-0.1, -0.05) is 70.2 Å². The molecule has 28 heavy (non-hydrogen) atoms. The maximum Gasteiger partial charge on any atom is 0.331 e. The lowest BCUT2D eigenvalue weighted by molar-refractivity contribution is -0.142. The Hall–Kier alpha value is -2.88. The van der Waals surface area contributed by atoms with Crippen LogP contribution in [0.1, 0.15) is 55.9 Å². The van der Waals surface area contributed by atoms with Gasteiger partial charge in [0.1, 0.15) is 0 Å². The van der Waals surface area contributed by atoms with Crippen molar-refractivity contribution >= 4 is 23.6 Å². The Morgan fingerprint density at radius 2 is 1.61 bits per heavy atom. The third kappa shape index (κ3) is 6.08. The highest BCUT2D eigenvalue weighted by Crippen LogP contribution is 2.22. The van der Waals surface area contributed by atoms with Crippen molar-refractivity contribution in [2.24, 2.45) is 0 Å². The molecule has 148 valence electrons. The lowest BCUT2D eigenvalue weighted by atomic mass is 10.0. The van der Waals surface area contributed by atoms with Gasteiger partial charge >= 0.3 is 5.97 Å². The summed E-state index contributed by atoms with van der Waals surface area (Å²) in [7, 11) is 0. The fourth-order valence-corrected chi connectivity index (χ4v) is 2.92. The average molecular weight is 380 g/mol. The zero-order chi connectivity index (χ0) is 20.5. The van der Waals surface area contributed by atoms with Gasteiger partial charge in [0.15, 0.2) is 6.61 Å². The minimum Gasteiger partial charge on any atom is -0.452 e. The topological polar surface area (TPSA) is 55.4 Å².